The van der Waals surface area contributed by atoms with Crippen LogP contribution < -0.4 is 10.5 Å². The highest BCUT2D eigenvalue weighted by Crippen LogP contribution is 2.33. The van der Waals surface area contributed by atoms with Crippen LogP contribution in [0, 0.1) is 11.3 Å². The van der Waals surface area contributed by atoms with Gasteiger partial charge in [0.05, 0.1) is 23.9 Å². The van der Waals surface area contributed by atoms with Crippen molar-refractivity contribution in [2.75, 3.05) is 12.8 Å². The first kappa shape index (κ1) is 19.8. The van der Waals surface area contributed by atoms with Gasteiger partial charge in [0.2, 0.25) is 0 Å². The van der Waals surface area contributed by atoms with E-state index in [-0.39, 0.29) is 28.4 Å². The molecule has 0 aliphatic carbocycles. The Morgan fingerprint density at radius 1 is 1.14 bits per heavy atom. The van der Waals surface area contributed by atoms with E-state index in [1.165, 1.54) is 42.1 Å². The Kier molecular flexibility index (Phi) is 5.19. The van der Waals surface area contributed by atoms with Crippen LogP contribution >= 0.6 is 0 Å². The first-order valence-corrected chi connectivity index (χ1v) is 8.19. The molecule has 0 radical (unpaired) electrons. The molecule has 0 fully saturated rings. The molecular weight excluding hydrogens is 387 g/mol. The van der Waals surface area contributed by atoms with E-state index in [1.807, 2.05) is 6.07 Å². The van der Waals surface area contributed by atoms with Crippen LogP contribution in [-0.4, -0.2) is 17.6 Å². The number of carbonyl (C=O) groups excluding carboxylic acids is 1. The van der Waals surface area contributed by atoms with Crippen molar-refractivity contribution in [3.8, 4) is 23.3 Å². The Hall–Kier alpha value is -3.93. The molecule has 0 bridgehead atoms. The maximum atomic E-state index is 12.8. The molecule has 0 amide bonds. The Labute approximate surface area is 163 Å². The van der Waals surface area contributed by atoms with Crippen LogP contribution in [-0.2, 0) is 10.9 Å². The number of hydrogen-bond donors (Lipinski definition) is 1. The molecule has 0 unspecified atom stereocenters. The van der Waals surface area contributed by atoms with Crippen LogP contribution in [0.25, 0.3) is 5.69 Å². The van der Waals surface area contributed by atoms with Crippen molar-refractivity contribution in [2.24, 2.45) is 0 Å². The molecule has 2 aromatic carbocycles. The van der Waals surface area contributed by atoms with Gasteiger partial charge in [-0.05, 0) is 42.5 Å². The molecule has 0 spiro atoms. The van der Waals surface area contributed by atoms with E-state index in [2.05, 4.69) is 0 Å². The Bertz CT molecular complexity index is 1100. The Morgan fingerprint density at radius 3 is 2.41 bits per heavy atom. The molecule has 2 N–H and O–H groups in total. The SMILES string of the molecule is COC(=O)c1c(N)c(C#N)cn1-c1ccc(Oc2cccc(C(F)(F)F)c2)cc1. The second-order valence-electron chi connectivity index (χ2n) is 5.90. The third-order valence-electron chi connectivity index (χ3n) is 4.06. The summed E-state index contributed by atoms with van der Waals surface area (Å²) in [5.74, 6) is -0.401. The van der Waals surface area contributed by atoms with Gasteiger partial charge in [-0.1, -0.05) is 6.07 Å². The van der Waals surface area contributed by atoms with Gasteiger partial charge in [0.15, 0.2) is 5.69 Å². The summed E-state index contributed by atoms with van der Waals surface area (Å²) in [4.78, 5) is 12.0. The summed E-state index contributed by atoms with van der Waals surface area (Å²) in [6, 6.07) is 12.6. The molecule has 3 rings (SSSR count). The van der Waals surface area contributed by atoms with Crippen LogP contribution in [0.3, 0.4) is 0 Å². The summed E-state index contributed by atoms with van der Waals surface area (Å²) in [5.41, 5.74) is 5.60. The third-order valence-corrected chi connectivity index (χ3v) is 4.06. The fraction of sp³-hybridized carbons (Fsp3) is 0.100. The first-order valence-electron chi connectivity index (χ1n) is 8.19. The standard InChI is InChI=1S/C20H14F3N3O3/c1-28-19(27)18-17(25)12(10-24)11-26(18)14-5-7-15(8-6-14)29-16-4-2-3-13(9-16)20(21,22)23/h2-9,11H,25H2,1H3. The topological polar surface area (TPSA) is 90.3 Å². The lowest BCUT2D eigenvalue weighted by Gasteiger charge is -2.11. The van der Waals surface area contributed by atoms with Gasteiger partial charge in [-0.3, -0.25) is 0 Å². The molecule has 148 valence electrons. The van der Waals surface area contributed by atoms with Crippen LogP contribution in [0.2, 0.25) is 0 Å². The molecule has 1 heterocycles. The first-order chi connectivity index (χ1) is 13.7. The van der Waals surface area contributed by atoms with E-state index in [0.717, 1.165) is 12.1 Å². The highest BCUT2D eigenvalue weighted by atomic mass is 19.4. The minimum Gasteiger partial charge on any atom is -0.464 e. The number of anilines is 1. The smallest absolute Gasteiger partial charge is 0.416 e. The molecule has 6 nitrogen and oxygen atoms in total. The average Bonchev–Trinajstić information content (AvgIpc) is 3.04. The van der Waals surface area contributed by atoms with Gasteiger partial charge in [-0.2, -0.15) is 18.4 Å². The van der Waals surface area contributed by atoms with Crippen molar-refractivity contribution in [2.45, 2.75) is 6.18 Å². The molecule has 0 saturated carbocycles. The molecule has 0 aliphatic rings. The molecule has 1 aromatic heterocycles. The monoisotopic (exact) mass is 401 g/mol. The van der Waals surface area contributed by atoms with Gasteiger partial charge in [0, 0.05) is 11.9 Å². The molecule has 0 saturated heterocycles. The third kappa shape index (κ3) is 4.01. The second kappa shape index (κ2) is 7.59. The van der Waals surface area contributed by atoms with E-state index in [4.69, 9.17) is 20.5 Å². The van der Waals surface area contributed by atoms with E-state index in [1.54, 1.807) is 12.1 Å². The van der Waals surface area contributed by atoms with Crippen LogP contribution in [0.4, 0.5) is 18.9 Å². The molecule has 29 heavy (non-hydrogen) atoms. The number of aromatic nitrogens is 1. The van der Waals surface area contributed by atoms with Crippen molar-refractivity contribution < 1.29 is 27.4 Å². The maximum absolute atomic E-state index is 12.8. The number of nitrogens with two attached hydrogens (primary N) is 1. The molecule has 9 heteroatoms. The van der Waals surface area contributed by atoms with Gasteiger partial charge in [0.25, 0.3) is 0 Å². The number of nitrogens with zero attached hydrogens (tertiary/aromatic N) is 2. The van der Waals surface area contributed by atoms with Crippen LogP contribution in [0.5, 0.6) is 11.5 Å². The van der Waals surface area contributed by atoms with Gasteiger partial charge in [0.1, 0.15) is 17.6 Å². The Morgan fingerprint density at radius 2 is 1.83 bits per heavy atom. The minimum absolute atomic E-state index is 0.00408. The number of nitrogen functional groups attached to an aromatic ring is 1. The lowest BCUT2D eigenvalue weighted by atomic mass is 10.2. The summed E-state index contributed by atoms with van der Waals surface area (Å²) in [7, 11) is 1.19. The average molecular weight is 401 g/mol. The number of esters is 1. The lowest BCUT2D eigenvalue weighted by molar-refractivity contribution is -0.137. The summed E-state index contributed by atoms with van der Waals surface area (Å²) >= 11 is 0. The fourth-order valence-electron chi connectivity index (χ4n) is 2.67. The predicted octanol–water partition coefficient (Wildman–Crippen LogP) is 4.53. The summed E-state index contributed by atoms with van der Waals surface area (Å²) in [6.07, 6.45) is -3.08. The normalized spacial score (nSPS) is 11.0. The molecule has 0 aliphatic heterocycles. The quantitative estimate of drug-likeness (QED) is 0.649. The van der Waals surface area contributed by atoms with Crippen molar-refractivity contribution in [1.82, 2.24) is 4.57 Å². The molecular formula is C20H14F3N3O3. The van der Waals surface area contributed by atoms with Crippen molar-refractivity contribution in [1.29, 1.82) is 5.26 Å². The van der Waals surface area contributed by atoms with E-state index in [9.17, 15) is 18.0 Å². The number of alkyl halides is 3. The lowest BCUT2D eigenvalue weighted by Crippen LogP contribution is -2.11. The minimum atomic E-state index is -4.47. The van der Waals surface area contributed by atoms with Crippen LogP contribution in [0.15, 0.2) is 54.7 Å². The second-order valence-corrected chi connectivity index (χ2v) is 5.90. The summed E-state index contributed by atoms with van der Waals surface area (Å²) in [5, 5.41) is 9.15. The zero-order valence-electron chi connectivity index (χ0n) is 15.0. The zero-order chi connectivity index (χ0) is 21.2. The number of halogens is 3. The number of rotatable bonds is 4. The number of carbonyl (C=O) groups is 1. The zero-order valence-corrected chi connectivity index (χ0v) is 15.0. The van der Waals surface area contributed by atoms with E-state index in [0.29, 0.717) is 5.69 Å². The van der Waals surface area contributed by atoms with Gasteiger partial charge >= 0.3 is 12.1 Å². The number of hydrogen-bond acceptors (Lipinski definition) is 5. The fourth-order valence-corrected chi connectivity index (χ4v) is 2.67. The Balaban J connectivity index is 1.91. The van der Waals surface area contributed by atoms with Gasteiger partial charge < -0.3 is 19.8 Å². The van der Waals surface area contributed by atoms with Crippen molar-refractivity contribution >= 4 is 11.7 Å². The van der Waals surface area contributed by atoms with Gasteiger partial charge in [-0.25, -0.2) is 4.79 Å². The predicted molar refractivity (Wildman–Crippen MR) is 97.8 cm³/mol. The number of methoxy groups -OCH3 is 1. The van der Waals surface area contributed by atoms with Crippen molar-refractivity contribution in [3.05, 3.63) is 71.5 Å². The maximum Gasteiger partial charge on any atom is 0.416 e. The van der Waals surface area contributed by atoms with Crippen molar-refractivity contribution in [3.63, 3.8) is 0 Å². The van der Waals surface area contributed by atoms with Gasteiger partial charge in [-0.15, -0.1) is 0 Å². The molecule has 3 aromatic rings. The molecule has 0 atom stereocenters. The summed E-state index contributed by atoms with van der Waals surface area (Å²) < 4.78 is 50.0. The largest absolute Gasteiger partial charge is 0.464 e. The number of ether oxygens (including phenoxy) is 2. The van der Waals surface area contributed by atoms with Crippen LogP contribution in [0.1, 0.15) is 21.6 Å². The highest BCUT2D eigenvalue weighted by Gasteiger charge is 2.30. The number of nitriles is 1. The van der Waals surface area contributed by atoms with E-state index >= 15 is 0 Å². The number of benzene rings is 2. The highest BCUT2D eigenvalue weighted by molar-refractivity contribution is 5.95. The summed E-state index contributed by atoms with van der Waals surface area (Å²) in [6.45, 7) is 0. The van der Waals surface area contributed by atoms with E-state index < -0.39 is 17.7 Å².